The highest BCUT2D eigenvalue weighted by atomic mass is 32.1. The highest BCUT2D eigenvalue weighted by molar-refractivity contribution is 7.15. The molecule has 1 aliphatic heterocycles. The van der Waals surface area contributed by atoms with Gasteiger partial charge in [-0.2, -0.15) is 0 Å². The second-order valence-corrected chi connectivity index (χ2v) is 5.00. The summed E-state index contributed by atoms with van der Waals surface area (Å²) in [5, 5.41) is 22.6. The first-order valence-corrected chi connectivity index (χ1v) is 6.06. The first-order valence-electron chi connectivity index (χ1n) is 5.24. The highest BCUT2D eigenvalue weighted by Crippen LogP contribution is 2.16. The molecule has 2 atom stereocenters. The number of hydrogen-bond donors (Lipinski definition) is 3. The summed E-state index contributed by atoms with van der Waals surface area (Å²) >= 11 is 1.24. The van der Waals surface area contributed by atoms with Crippen molar-refractivity contribution in [3.8, 4) is 0 Å². The number of amides is 2. The number of nitrogens with one attached hydrogen (secondary N) is 2. The van der Waals surface area contributed by atoms with Crippen molar-refractivity contribution in [1.82, 2.24) is 15.5 Å². The van der Waals surface area contributed by atoms with Crippen LogP contribution in [-0.2, 0) is 9.53 Å². The Morgan fingerprint density at radius 3 is 2.83 bits per heavy atom. The minimum Gasteiger partial charge on any atom is -0.481 e. The quantitative estimate of drug-likeness (QED) is 0.717. The molecule has 3 N–H and O–H groups in total. The van der Waals surface area contributed by atoms with Crippen molar-refractivity contribution in [3.63, 3.8) is 0 Å². The number of ether oxygens (including phenoxy) is 1. The first kappa shape index (κ1) is 12.7. The van der Waals surface area contributed by atoms with E-state index < -0.39 is 24.0 Å². The van der Waals surface area contributed by atoms with E-state index in [2.05, 4.69) is 20.8 Å². The number of aryl methyl sites for hydroxylation is 1. The Bertz CT molecular complexity index is 463. The van der Waals surface area contributed by atoms with Gasteiger partial charge in [0.1, 0.15) is 10.9 Å². The second-order valence-electron chi connectivity index (χ2n) is 3.81. The van der Waals surface area contributed by atoms with Crippen molar-refractivity contribution in [2.24, 2.45) is 5.92 Å². The molecule has 1 aliphatic rings. The maximum absolute atomic E-state index is 11.6. The van der Waals surface area contributed by atoms with Crippen LogP contribution in [0.4, 0.5) is 9.93 Å². The summed E-state index contributed by atoms with van der Waals surface area (Å²) in [6.07, 6.45) is 0. The molecule has 1 aromatic heterocycles. The summed E-state index contributed by atoms with van der Waals surface area (Å²) in [6.45, 7) is 2.07. The minimum atomic E-state index is -0.982. The zero-order valence-electron chi connectivity index (χ0n) is 9.54. The van der Waals surface area contributed by atoms with Crippen molar-refractivity contribution in [2.45, 2.75) is 13.0 Å². The molecular weight excluding hydrogens is 260 g/mol. The van der Waals surface area contributed by atoms with Gasteiger partial charge < -0.3 is 15.2 Å². The first-order chi connectivity index (χ1) is 8.56. The molecule has 0 aliphatic carbocycles. The topological polar surface area (TPSA) is 113 Å². The van der Waals surface area contributed by atoms with E-state index in [0.29, 0.717) is 5.13 Å². The lowest BCUT2D eigenvalue weighted by atomic mass is 10.0. The lowest BCUT2D eigenvalue weighted by Gasteiger charge is -2.15. The molecule has 2 amide bonds. The molecule has 0 spiro atoms. The van der Waals surface area contributed by atoms with E-state index in [1.807, 2.05) is 0 Å². The number of hydrogen-bond acceptors (Lipinski definition) is 6. The summed E-state index contributed by atoms with van der Waals surface area (Å²) in [7, 11) is 0. The number of urea groups is 1. The van der Waals surface area contributed by atoms with Crippen LogP contribution in [0.1, 0.15) is 5.01 Å². The lowest BCUT2D eigenvalue weighted by Crippen LogP contribution is -2.44. The van der Waals surface area contributed by atoms with Crippen molar-refractivity contribution in [1.29, 1.82) is 0 Å². The standard InChI is InChI=1S/C9H12N4O4S/c1-4-12-13-9(18-4)11-8(16)10-6-3-17-2-5(6)7(14)15/h5-6H,2-3H2,1H3,(H,14,15)(H2,10,11,13,16). The third kappa shape index (κ3) is 2.93. The van der Waals surface area contributed by atoms with Crippen molar-refractivity contribution in [2.75, 3.05) is 18.5 Å². The van der Waals surface area contributed by atoms with Crippen LogP contribution in [0.15, 0.2) is 0 Å². The molecule has 0 aromatic carbocycles. The van der Waals surface area contributed by atoms with Crippen LogP contribution in [0.5, 0.6) is 0 Å². The average Bonchev–Trinajstić information content (AvgIpc) is 2.87. The van der Waals surface area contributed by atoms with E-state index in [0.717, 1.165) is 5.01 Å². The number of carboxylic acids is 1. The van der Waals surface area contributed by atoms with Crippen molar-refractivity contribution >= 4 is 28.5 Å². The van der Waals surface area contributed by atoms with Gasteiger partial charge in [-0.3, -0.25) is 10.1 Å². The van der Waals surface area contributed by atoms with Gasteiger partial charge in [-0.25, -0.2) is 4.79 Å². The van der Waals surface area contributed by atoms with E-state index in [9.17, 15) is 9.59 Å². The fourth-order valence-electron chi connectivity index (χ4n) is 1.59. The van der Waals surface area contributed by atoms with Crippen LogP contribution < -0.4 is 10.6 Å². The zero-order chi connectivity index (χ0) is 13.1. The summed E-state index contributed by atoms with van der Waals surface area (Å²) in [6, 6.07) is -1.04. The predicted molar refractivity (Wildman–Crippen MR) is 62.5 cm³/mol. The minimum absolute atomic E-state index is 0.109. The molecule has 2 heterocycles. The van der Waals surface area contributed by atoms with Gasteiger partial charge in [-0.1, -0.05) is 11.3 Å². The number of nitrogens with zero attached hydrogens (tertiary/aromatic N) is 2. The maximum Gasteiger partial charge on any atom is 0.321 e. The molecular formula is C9H12N4O4S. The molecule has 1 fully saturated rings. The molecule has 2 unspecified atom stereocenters. The van der Waals surface area contributed by atoms with E-state index in [4.69, 9.17) is 9.84 Å². The number of carboxylic acid groups (broad SMARTS) is 1. The van der Waals surface area contributed by atoms with Crippen LogP contribution in [0.3, 0.4) is 0 Å². The van der Waals surface area contributed by atoms with Gasteiger partial charge in [0.15, 0.2) is 0 Å². The Labute approximate surface area is 106 Å². The molecule has 1 aromatic rings. The molecule has 0 bridgehead atoms. The van der Waals surface area contributed by atoms with Crippen LogP contribution in [0.2, 0.25) is 0 Å². The highest BCUT2D eigenvalue weighted by Gasteiger charge is 2.35. The van der Waals surface area contributed by atoms with Crippen molar-refractivity contribution in [3.05, 3.63) is 5.01 Å². The van der Waals surface area contributed by atoms with Crippen LogP contribution in [0.25, 0.3) is 0 Å². The summed E-state index contributed by atoms with van der Waals surface area (Å²) < 4.78 is 5.04. The third-order valence-corrected chi connectivity index (χ3v) is 3.21. The van der Waals surface area contributed by atoms with E-state index in [-0.39, 0.29) is 13.2 Å². The summed E-state index contributed by atoms with van der Waals surface area (Å²) in [5.41, 5.74) is 0. The fraction of sp³-hybridized carbons (Fsp3) is 0.556. The van der Waals surface area contributed by atoms with Crippen LogP contribution in [-0.4, -0.2) is 46.6 Å². The van der Waals surface area contributed by atoms with Gasteiger partial charge in [0.2, 0.25) is 5.13 Å². The monoisotopic (exact) mass is 272 g/mol. The smallest absolute Gasteiger partial charge is 0.321 e. The van der Waals surface area contributed by atoms with Gasteiger partial charge in [0.05, 0.1) is 19.3 Å². The largest absolute Gasteiger partial charge is 0.481 e. The normalized spacial score (nSPS) is 22.7. The Kier molecular flexibility index (Phi) is 3.72. The lowest BCUT2D eigenvalue weighted by molar-refractivity contribution is -0.142. The molecule has 0 saturated carbocycles. The van der Waals surface area contributed by atoms with Crippen molar-refractivity contribution < 1.29 is 19.4 Å². The van der Waals surface area contributed by atoms with E-state index in [1.165, 1.54) is 11.3 Å². The van der Waals surface area contributed by atoms with E-state index in [1.54, 1.807) is 6.92 Å². The number of anilines is 1. The van der Waals surface area contributed by atoms with Crippen LogP contribution in [0, 0.1) is 12.8 Å². The van der Waals surface area contributed by atoms with Gasteiger partial charge in [-0.15, -0.1) is 10.2 Å². The predicted octanol–water partition coefficient (Wildman–Crippen LogP) is 0.0676. The molecule has 2 rings (SSSR count). The summed E-state index contributed by atoms with van der Waals surface area (Å²) in [5.74, 6) is -1.70. The third-order valence-electron chi connectivity index (χ3n) is 2.46. The van der Waals surface area contributed by atoms with E-state index >= 15 is 0 Å². The Morgan fingerprint density at radius 1 is 1.44 bits per heavy atom. The molecule has 0 radical (unpaired) electrons. The molecule has 1 saturated heterocycles. The van der Waals surface area contributed by atoms with Gasteiger partial charge >= 0.3 is 12.0 Å². The van der Waals surface area contributed by atoms with Gasteiger partial charge in [0, 0.05) is 0 Å². The number of rotatable bonds is 3. The Hall–Kier alpha value is -1.74. The summed E-state index contributed by atoms with van der Waals surface area (Å²) in [4.78, 5) is 22.5. The second kappa shape index (κ2) is 5.27. The molecule has 8 nitrogen and oxygen atoms in total. The number of aliphatic carboxylic acids is 1. The average molecular weight is 272 g/mol. The fourth-order valence-corrected chi connectivity index (χ4v) is 2.18. The number of carbonyl (C=O) groups excluding carboxylic acids is 1. The van der Waals surface area contributed by atoms with Gasteiger partial charge in [-0.05, 0) is 6.92 Å². The maximum atomic E-state index is 11.6. The molecule has 98 valence electrons. The van der Waals surface area contributed by atoms with Crippen LogP contribution >= 0.6 is 11.3 Å². The van der Waals surface area contributed by atoms with Gasteiger partial charge in [0.25, 0.3) is 0 Å². The molecule has 9 heteroatoms. The SMILES string of the molecule is Cc1nnc(NC(=O)NC2COCC2C(=O)O)s1. The Morgan fingerprint density at radius 2 is 2.22 bits per heavy atom. The zero-order valence-corrected chi connectivity index (χ0v) is 10.4. The Balaban J connectivity index is 1.89. The molecule has 18 heavy (non-hydrogen) atoms. The number of aromatic nitrogens is 2. The number of carbonyl (C=O) groups is 2.